The van der Waals surface area contributed by atoms with Gasteiger partial charge in [-0.1, -0.05) is 0 Å². The van der Waals surface area contributed by atoms with E-state index in [-0.39, 0.29) is 11.8 Å². The second-order valence-electron chi connectivity index (χ2n) is 4.15. The van der Waals surface area contributed by atoms with Crippen molar-refractivity contribution in [1.29, 1.82) is 0 Å². The monoisotopic (exact) mass is 320 g/mol. The number of halogens is 1. The largest absolute Gasteiger partial charge is 0.494 e. The molecule has 0 unspecified atom stereocenters. The zero-order valence-electron chi connectivity index (χ0n) is 10.2. The summed E-state index contributed by atoms with van der Waals surface area (Å²) >= 11 is 3.40. The van der Waals surface area contributed by atoms with Gasteiger partial charge >= 0.3 is 0 Å². The van der Waals surface area contributed by atoms with Crippen molar-refractivity contribution in [2.24, 2.45) is 0 Å². The molecule has 2 amide bonds. The highest BCUT2D eigenvalue weighted by Gasteiger charge is 2.36. The van der Waals surface area contributed by atoms with Crippen LogP contribution in [0.3, 0.4) is 0 Å². The van der Waals surface area contributed by atoms with Crippen LogP contribution in [0.4, 0.5) is 5.69 Å². The average molecular weight is 321 g/mol. The first-order valence-corrected chi connectivity index (χ1v) is 6.35. The van der Waals surface area contributed by atoms with Crippen LogP contribution in [0.15, 0.2) is 22.8 Å². The van der Waals surface area contributed by atoms with Crippen molar-refractivity contribution >= 4 is 44.3 Å². The molecule has 2 heterocycles. The SMILES string of the molecule is COc1cc(Br)c2nccc3c2c1N(C(C)=O)C3=O. The second-order valence-corrected chi connectivity index (χ2v) is 5.01. The summed E-state index contributed by atoms with van der Waals surface area (Å²) in [5, 5.41) is 0.647. The Kier molecular flexibility index (Phi) is 2.56. The zero-order chi connectivity index (χ0) is 13.7. The number of imide groups is 1. The van der Waals surface area contributed by atoms with Crippen molar-refractivity contribution in [2.75, 3.05) is 12.0 Å². The van der Waals surface area contributed by atoms with Gasteiger partial charge in [0.25, 0.3) is 5.91 Å². The molecule has 0 N–H and O–H groups in total. The maximum Gasteiger partial charge on any atom is 0.266 e. The Labute approximate surface area is 117 Å². The lowest BCUT2D eigenvalue weighted by molar-refractivity contribution is -0.115. The van der Waals surface area contributed by atoms with Crippen LogP contribution in [-0.4, -0.2) is 23.9 Å². The lowest BCUT2D eigenvalue weighted by Gasteiger charge is -2.16. The van der Waals surface area contributed by atoms with Gasteiger partial charge in [0.05, 0.1) is 18.2 Å². The predicted molar refractivity (Wildman–Crippen MR) is 73.5 cm³/mol. The molecular formula is C13H9BrN2O3. The van der Waals surface area contributed by atoms with E-state index in [2.05, 4.69) is 20.9 Å². The van der Waals surface area contributed by atoms with Crippen molar-refractivity contribution in [3.63, 3.8) is 0 Å². The summed E-state index contributed by atoms with van der Waals surface area (Å²) in [7, 11) is 1.50. The fourth-order valence-electron chi connectivity index (χ4n) is 2.34. The van der Waals surface area contributed by atoms with Gasteiger partial charge in [-0.15, -0.1) is 0 Å². The normalized spacial score (nSPS) is 13.2. The predicted octanol–water partition coefficient (Wildman–Crippen LogP) is 2.51. The number of hydrogen-bond donors (Lipinski definition) is 0. The molecule has 0 aliphatic carbocycles. The number of amides is 2. The third kappa shape index (κ3) is 1.49. The number of rotatable bonds is 1. The van der Waals surface area contributed by atoms with Gasteiger partial charge in [0, 0.05) is 23.0 Å². The van der Waals surface area contributed by atoms with Crippen molar-refractivity contribution in [1.82, 2.24) is 4.98 Å². The number of carbonyl (C=O) groups excluding carboxylic acids is 2. The van der Waals surface area contributed by atoms with Gasteiger partial charge in [-0.2, -0.15) is 0 Å². The molecule has 5 nitrogen and oxygen atoms in total. The van der Waals surface area contributed by atoms with Gasteiger partial charge in [0.1, 0.15) is 11.4 Å². The Bertz CT molecular complexity index is 742. The third-order valence-corrected chi connectivity index (χ3v) is 3.70. The highest BCUT2D eigenvalue weighted by atomic mass is 79.9. The first-order valence-electron chi connectivity index (χ1n) is 5.56. The van der Waals surface area contributed by atoms with Gasteiger partial charge in [-0.3, -0.25) is 14.6 Å². The molecule has 0 saturated carbocycles. The van der Waals surface area contributed by atoms with E-state index in [1.165, 1.54) is 14.0 Å². The van der Waals surface area contributed by atoms with Crippen molar-refractivity contribution in [2.45, 2.75) is 6.92 Å². The molecule has 1 aliphatic heterocycles. The van der Waals surface area contributed by atoms with Crippen LogP contribution in [0.1, 0.15) is 17.3 Å². The Balaban J connectivity index is 2.50. The Morgan fingerprint density at radius 3 is 2.84 bits per heavy atom. The third-order valence-electron chi connectivity index (χ3n) is 3.10. The standard InChI is InChI=1S/C13H9BrN2O3/c1-6(17)16-12-9(19-2)5-8(14)11-10(12)7(13(16)18)3-4-15-11/h3-5H,1-2H3. The smallest absolute Gasteiger partial charge is 0.266 e. The summed E-state index contributed by atoms with van der Waals surface area (Å²) in [4.78, 5) is 29.4. The molecular weight excluding hydrogens is 312 g/mol. The molecule has 0 saturated heterocycles. The van der Waals surface area contributed by atoms with Crippen LogP contribution in [0.25, 0.3) is 10.9 Å². The minimum absolute atomic E-state index is 0.341. The van der Waals surface area contributed by atoms with Crippen molar-refractivity contribution < 1.29 is 14.3 Å². The summed E-state index contributed by atoms with van der Waals surface area (Å²) in [6.45, 7) is 1.35. The number of aromatic nitrogens is 1. The van der Waals surface area contributed by atoms with Gasteiger partial charge in [-0.05, 0) is 28.1 Å². The second kappa shape index (κ2) is 4.03. The minimum Gasteiger partial charge on any atom is -0.494 e. The first kappa shape index (κ1) is 12.1. The Morgan fingerprint density at radius 1 is 1.47 bits per heavy atom. The fraction of sp³-hybridized carbons (Fsp3) is 0.154. The first-order chi connectivity index (χ1) is 9.06. The van der Waals surface area contributed by atoms with Gasteiger partial charge in [0.2, 0.25) is 5.91 Å². The lowest BCUT2D eigenvalue weighted by Crippen LogP contribution is -2.31. The Hall–Kier alpha value is -1.95. The summed E-state index contributed by atoms with van der Waals surface area (Å²) in [5.41, 5.74) is 1.58. The molecule has 96 valence electrons. The van der Waals surface area contributed by atoms with E-state index in [0.717, 1.165) is 9.37 Å². The summed E-state index contributed by atoms with van der Waals surface area (Å²) in [6.07, 6.45) is 1.56. The molecule has 0 fully saturated rings. The van der Waals surface area contributed by atoms with E-state index in [1.807, 2.05) is 0 Å². The van der Waals surface area contributed by atoms with Crippen LogP contribution in [0.2, 0.25) is 0 Å². The molecule has 3 rings (SSSR count). The molecule has 0 atom stereocenters. The van der Waals surface area contributed by atoms with E-state index < -0.39 is 0 Å². The average Bonchev–Trinajstić information content (AvgIpc) is 2.69. The van der Waals surface area contributed by atoms with Crippen LogP contribution in [0, 0.1) is 0 Å². The number of hydrogen-bond acceptors (Lipinski definition) is 4. The highest BCUT2D eigenvalue weighted by molar-refractivity contribution is 9.10. The maximum atomic E-state index is 12.3. The number of ether oxygens (including phenoxy) is 1. The van der Waals surface area contributed by atoms with E-state index in [4.69, 9.17) is 4.74 Å². The molecule has 19 heavy (non-hydrogen) atoms. The summed E-state index contributed by atoms with van der Waals surface area (Å²) in [5.74, 6) is -0.218. The van der Waals surface area contributed by atoms with Crippen molar-refractivity contribution in [3.8, 4) is 5.75 Å². The number of carbonyl (C=O) groups is 2. The zero-order valence-corrected chi connectivity index (χ0v) is 11.8. The van der Waals surface area contributed by atoms with Gasteiger partial charge in [0.15, 0.2) is 0 Å². The van der Waals surface area contributed by atoms with E-state index in [0.29, 0.717) is 27.9 Å². The lowest BCUT2D eigenvalue weighted by atomic mass is 10.1. The summed E-state index contributed by atoms with van der Waals surface area (Å²) in [6, 6.07) is 3.33. The van der Waals surface area contributed by atoms with Crippen LogP contribution >= 0.6 is 15.9 Å². The van der Waals surface area contributed by atoms with Gasteiger partial charge in [-0.25, -0.2) is 4.90 Å². The van der Waals surface area contributed by atoms with Crippen LogP contribution in [0.5, 0.6) is 5.75 Å². The van der Waals surface area contributed by atoms with Crippen molar-refractivity contribution in [3.05, 3.63) is 28.4 Å². The Morgan fingerprint density at radius 2 is 2.21 bits per heavy atom. The quantitative estimate of drug-likeness (QED) is 0.810. The van der Waals surface area contributed by atoms with Crippen LogP contribution < -0.4 is 9.64 Å². The fourth-order valence-corrected chi connectivity index (χ4v) is 2.84. The molecule has 1 aromatic heterocycles. The number of methoxy groups -OCH3 is 1. The minimum atomic E-state index is -0.344. The molecule has 1 aromatic carbocycles. The maximum absolute atomic E-state index is 12.3. The number of anilines is 1. The van der Waals surface area contributed by atoms with E-state index >= 15 is 0 Å². The topological polar surface area (TPSA) is 59.5 Å². The highest BCUT2D eigenvalue weighted by Crippen LogP contribution is 2.45. The van der Waals surface area contributed by atoms with Crippen LogP contribution in [-0.2, 0) is 4.79 Å². The molecule has 1 aliphatic rings. The van der Waals surface area contributed by atoms with E-state index in [9.17, 15) is 9.59 Å². The van der Waals surface area contributed by atoms with Gasteiger partial charge < -0.3 is 4.74 Å². The molecule has 2 aromatic rings. The number of benzene rings is 1. The molecule has 0 radical (unpaired) electrons. The molecule has 0 spiro atoms. The number of nitrogens with zero attached hydrogens (tertiary/aromatic N) is 2. The molecule has 0 bridgehead atoms. The van der Waals surface area contributed by atoms with E-state index in [1.54, 1.807) is 18.3 Å². The number of pyridine rings is 1. The summed E-state index contributed by atoms with van der Waals surface area (Å²) < 4.78 is 6.01. The molecule has 6 heteroatoms.